The van der Waals surface area contributed by atoms with Crippen LogP contribution in [0.4, 0.5) is 11.4 Å². The molecule has 4 nitrogen and oxygen atoms in total. The number of carbonyl (C=O) groups is 1. The predicted octanol–water partition coefficient (Wildman–Crippen LogP) is 2.32. The Labute approximate surface area is 120 Å². The number of carbonyl (C=O) groups excluding carboxylic acids is 1. The van der Waals surface area contributed by atoms with Crippen LogP contribution in [-0.2, 0) is 4.79 Å². The number of nitrogens with one attached hydrogen (secondary N) is 1. The number of likely N-dealkylation sites (tertiary alicyclic amines) is 1. The van der Waals surface area contributed by atoms with Gasteiger partial charge < -0.3 is 15.1 Å². The van der Waals surface area contributed by atoms with Gasteiger partial charge >= 0.3 is 0 Å². The van der Waals surface area contributed by atoms with Crippen LogP contribution in [0, 0.1) is 0 Å². The summed E-state index contributed by atoms with van der Waals surface area (Å²) >= 11 is 0. The van der Waals surface area contributed by atoms with Gasteiger partial charge in [-0.25, -0.2) is 0 Å². The lowest BCUT2D eigenvalue weighted by Gasteiger charge is -2.31. The number of hydrogen-bond acceptors (Lipinski definition) is 3. The number of anilines is 2. The zero-order valence-electron chi connectivity index (χ0n) is 12.1. The highest BCUT2D eigenvalue weighted by Crippen LogP contribution is 2.25. The van der Waals surface area contributed by atoms with E-state index in [4.69, 9.17) is 0 Å². The average Bonchev–Trinajstić information content (AvgIpc) is 2.85. The van der Waals surface area contributed by atoms with E-state index >= 15 is 0 Å². The molecular formula is C16H23N3O. The van der Waals surface area contributed by atoms with E-state index in [-0.39, 0.29) is 5.91 Å². The topological polar surface area (TPSA) is 35.6 Å². The molecule has 1 N–H and O–H groups in total. The smallest absolute Gasteiger partial charge is 0.227 e. The lowest BCUT2D eigenvalue weighted by atomic mass is 10.1. The number of rotatable bonds is 3. The van der Waals surface area contributed by atoms with Gasteiger partial charge in [0, 0.05) is 36.9 Å². The van der Waals surface area contributed by atoms with E-state index in [1.807, 2.05) is 17.0 Å². The highest BCUT2D eigenvalue weighted by molar-refractivity contribution is 5.95. The van der Waals surface area contributed by atoms with Gasteiger partial charge in [-0.15, -0.1) is 0 Å². The maximum Gasteiger partial charge on any atom is 0.227 e. The number of benzene rings is 1. The molecule has 1 aromatic rings. The van der Waals surface area contributed by atoms with Crippen LogP contribution in [0.1, 0.15) is 25.7 Å². The molecule has 1 unspecified atom stereocenters. The monoisotopic (exact) mass is 273 g/mol. The van der Waals surface area contributed by atoms with E-state index in [0.29, 0.717) is 12.5 Å². The van der Waals surface area contributed by atoms with Crippen LogP contribution in [0.3, 0.4) is 0 Å². The van der Waals surface area contributed by atoms with E-state index < -0.39 is 0 Å². The van der Waals surface area contributed by atoms with Crippen molar-refractivity contribution in [1.29, 1.82) is 0 Å². The Hall–Kier alpha value is -1.55. The highest BCUT2D eigenvalue weighted by Gasteiger charge is 2.22. The summed E-state index contributed by atoms with van der Waals surface area (Å²) in [6.07, 6.45) is 4.13. The standard InChI is InChI=1S/C16H23N3O/c1-18-9-3-6-14(12-18)17-13-5-2-7-15(11-13)19-10-4-8-16(19)20/h2,5,7,11,14,17H,3-4,6,8-10,12H2,1H3. The summed E-state index contributed by atoms with van der Waals surface area (Å²) in [5.41, 5.74) is 2.16. The molecule has 0 saturated carbocycles. The second-order valence-corrected chi connectivity index (χ2v) is 5.94. The van der Waals surface area contributed by atoms with Crippen molar-refractivity contribution in [2.75, 3.05) is 36.9 Å². The van der Waals surface area contributed by atoms with Crippen molar-refractivity contribution in [3.63, 3.8) is 0 Å². The molecule has 1 aromatic carbocycles. The first-order valence-corrected chi connectivity index (χ1v) is 7.58. The highest BCUT2D eigenvalue weighted by atomic mass is 16.2. The summed E-state index contributed by atoms with van der Waals surface area (Å²) in [5.74, 6) is 0.250. The third kappa shape index (κ3) is 2.96. The maximum atomic E-state index is 11.8. The summed E-state index contributed by atoms with van der Waals surface area (Å²) in [7, 11) is 2.17. The summed E-state index contributed by atoms with van der Waals surface area (Å²) in [6, 6.07) is 8.78. The van der Waals surface area contributed by atoms with Crippen LogP contribution >= 0.6 is 0 Å². The van der Waals surface area contributed by atoms with Crippen LogP contribution in [0.25, 0.3) is 0 Å². The van der Waals surface area contributed by atoms with Crippen molar-refractivity contribution in [2.45, 2.75) is 31.7 Å². The van der Waals surface area contributed by atoms with E-state index in [1.165, 1.54) is 19.4 Å². The first-order chi connectivity index (χ1) is 9.72. The Kier molecular flexibility index (Phi) is 3.92. The molecule has 108 valence electrons. The van der Waals surface area contributed by atoms with Crippen molar-refractivity contribution in [3.05, 3.63) is 24.3 Å². The minimum Gasteiger partial charge on any atom is -0.381 e. The third-order valence-electron chi connectivity index (χ3n) is 4.23. The fourth-order valence-corrected chi connectivity index (χ4v) is 3.20. The van der Waals surface area contributed by atoms with E-state index in [1.54, 1.807) is 0 Å². The number of nitrogens with zero attached hydrogens (tertiary/aromatic N) is 2. The molecular weight excluding hydrogens is 250 g/mol. The van der Waals surface area contributed by atoms with Gasteiger partial charge in [-0.05, 0) is 51.1 Å². The van der Waals surface area contributed by atoms with Gasteiger partial charge in [-0.3, -0.25) is 4.79 Å². The number of hydrogen-bond donors (Lipinski definition) is 1. The van der Waals surface area contributed by atoms with Crippen molar-refractivity contribution in [3.8, 4) is 0 Å². The van der Waals surface area contributed by atoms with Gasteiger partial charge in [0.1, 0.15) is 0 Å². The molecule has 1 atom stereocenters. The minimum atomic E-state index is 0.250. The van der Waals surface area contributed by atoms with Crippen LogP contribution < -0.4 is 10.2 Å². The Bertz CT molecular complexity index is 488. The first-order valence-electron chi connectivity index (χ1n) is 7.58. The first kappa shape index (κ1) is 13.4. The average molecular weight is 273 g/mol. The van der Waals surface area contributed by atoms with Crippen LogP contribution in [0.5, 0.6) is 0 Å². The number of likely N-dealkylation sites (N-methyl/N-ethyl adjacent to an activating group) is 1. The largest absolute Gasteiger partial charge is 0.381 e. The summed E-state index contributed by atoms with van der Waals surface area (Å²) in [5, 5.41) is 3.61. The summed E-state index contributed by atoms with van der Waals surface area (Å²) < 4.78 is 0. The summed E-state index contributed by atoms with van der Waals surface area (Å²) in [6.45, 7) is 3.14. The zero-order valence-corrected chi connectivity index (χ0v) is 12.1. The quantitative estimate of drug-likeness (QED) is 0.918. The zero-order chi connectivity index (χ0) is 13.9. The third-order valence-corrected chi connectivity index (χ3v) is 4.23. The normalized spacial score (nSPS) is 24.1. The summed E-state index contributed by atoms with van der Waals surface area (Å²) in [4.78, 5) is 16.1. The minimum absolute atomic E-state index is 0.250. The second kappa shape index (κ2) is 5.83. The molecule has 1 amide bonds. The Morgan fingerprint density at radius 3 is 2.90 bits per heavy atom. The van der Waals surface area contributed by atoms with Crippen molar-refractivity contribution < 1.29 is 4.79 Å². The van der Waals surface area contributed by atoms with Gasteiger partial charge in [0.15, 0.2) is 0 Å². The van der Waals surface area contributed by atoms with Crippen molar-refractivity contribution in [2.24, 2.45) is 0 Å². The molecule has 0 aliphatic carbocycles. The molecule has 20 heavy (non-hydrogen) atoms. The molecule has 0 spiro atoms. The Morgan fingerprint density at radius 1 is 1.25 bits per heavy atom. The van der Waals surface area contributed by atoms with Crippen molar-refractivity contribution in [1.82, 2.24) is 4.90 Å². The van der Waals surface area contributed by atoms with Crippen molar-refractivity contribution >= 4 is 17.3 Å². The molecule has 2 fully saturated rings. The van der Waals surface area contributed by atoms with E-state index in [9.17, 15) is 4.79 Å². The molecule has 0 bridgehead atoms. The molecule has 2 aliphatic rings. The molecule has 2 aliphatic heterocycles. The molecule has 2 saturated heterocycles. The van der Waals surface area contributed by atoms with Gasteiger partial charge in [0.25, 0.3) is 0 Å². The van der Waals surface area contributed by atoms with Gasteiger partial charge in [0.2, 0.25) is 5.91 Å². The Morgan fingerprint density at radius 2 is 2.15 bits per heavy atom. The molecule has 3 rings (SSSR count). The Balaban J connectivity index is 1.69. The van der Waals surface area contributed by atoms with E-state index in [2.05, 4.69) is 29.4 Å². The molecule has 0 aromatic heterocycles. The SMILES string of the molecule is CN1CCCC(Nc2cccc(N3CCCC3=O)c2)C1. The van der Waals surface area contributed by atoms with Gasteiger partial charge in [-0.2, -0.15) is 0 Å². The van der Waals surface area contributed by atoms with Crippen LogP contribution in [0.15, 0.2) is 24.3 Å². The fraction of sp³-hybridized carbons (Fsp3) is 0.562. The fourth-order valence-electron chi connectivity index (χ4n) is 3.20. The number of amides is 1. The maximum absolute atomic E-state index is 11.8. The second-order valence-electron chi connectivity index (χ2n) is 5.94. The lowest BCUT2D eigenvalue weighted by Crippen LogP contribution is -2.39. The molecule has 4 heteroatoms. The van der Waals surface area contributed by atoms with Crippen LogP contribution in [-0.4, -0.2) is 43.5 Å². The lowest BCUT2D eigenvalue weighted by molar-refractivity contribution is -0.117. The van der Waals surface area contributed by atoms with E-state index in [0.717, 1.165) is 30.9 Å². The van der Waals surface area contributed by atoms with Gasteiger partial charge in [-0.1, -0.05) is 6.07 Å². The van der Waals surface area contributed by atoms with Crippen LogP contribution in [0.2, 0.25) is 0 Å². The molecule has 0 radical (unpaired) electrons. The predicted molar refractivity (Wildman–Crippen MR) is 82.2 cm³/mol. The number of piperidine rings is 1. The molecule has 2 heterocycles. The van der Waals surface area contributed by atoms with Gasteiger partial charge in [0.05, 0.1) is 0 Å².